The largest absolute Gasteiger partial charge is 0.302 e. The molecule has 2 aromatic rings. The molecule has 0 unspecified atom stereocenters. The van der Waals surface area contributed by atoms with Gasteiger partial charge in [0, 0.05) is 5.92 Å². The number of amides is 1. The van der Waals surface area contributed by atoms with Crippen molar-refractivity contribution in [2.45, 2.75) is 51.9 Å². The summed E-state index contributed by atoms with van der Waals surface area (Å²) in [6.45, 7) is 4.35. The Balaban J connectivity index is 1.81. The Kier molecular flexibility index (Phi) is 4.24. The highest BCUT2D eigenvalue weighted by molar-refractivity contribution is 7.22. The van der Waals surface area contributed by atoms with Crippen LogP contribution in [0.1, 0.15) is 57.4 Å². The van der Waals surface area contributed by atoms with Gasteiger partial charge in [0.05, 0.1) is 10.2 Å². The first-order chi connectivity index (χ1) is 10.1. The molecule has 1 aliphatic carbocycles. The van der Waals surface area contributed by atoms with Crippen LogP contribution in [-0.4, -0.2) is 10.9 Å². The molecule has 21 heavy (non-hydrogen) atoms. The smallest absolute Gasteiger partial charge is 0.229 e. The molecule has 4 heteroatoms. The number of benzene rings is 1. The van der Waals surface area contributed by atoms with E-state index in [9.17, 15) is 4.79 Å². The van der Waals surface area contributed by atoms with E-state index in [1.807, 2.05) is 0 Å². The van der Waals surface area contributed by atoms with E-state index in [1.54, 1.807) is 11.3 Å². The second-order valence-corrected chi connectivity index (χ2v) is 7.22. The van der Waals surface area contributed by atoms with Crippen molar-refractivity contribution >= 4 is 32.6 Å². The van der Waals surface area contributed by atoms with Crippen molar-refractivity contribution in [3.05, 3.63) is 23.8 Å². The van der Waals surface area contributed by atoms with E-state index in [4.69, 9.17) is 0 Å². The number of hydrogen-bond acceptors (Lipinski definition) is 3. The van der Waals surface area contributed by atoms with Crippen molar-refractivity contribution < 1.29 is 4.79 Å². The predicted octanol–water partition coefficient (Wildman–Crippen LogP) is 4.94. The molecule has 0 spiro atoms. The Hall–Kier alpha value is -1.42. The molecule has 0 atom stereocenters. The summed E-state index contributed by atoms with van der Waals surface area (Å²) in [6, 6.07) is 6.27. The molecule has 1 amide bonds. The summed E-state index contributed by atoms with van der Waals surface area (Å²) in [5.41, 5.74) is 2.29. The zero-order chi connectivity index (χ0) is 14.8. The van der Waals surface area contributed by atoms with E-state index in [2.05, 4.69) is 42.3 Å². The van der Waals surface area contributed by atoms with E-state index in [-0.39, 0.29) is 11.8 Å². The number of aromatic nitrogens is 1. The van der Waals surface area contributed by atoms with Crippen molar-refractivity contribution in [2.24, 2.45) is 5.92 Å². The van der Waals surface area contributed by atoms with E-state index in [0.29, 0.717) is 5.92 Å². The average Bonchev–Trinajstić information content (AvgIpc) is 2.89. The van der Waals surface area contributed by atoms with Crippen LogP contribution in [0.3, 0.4) is 0 Å². The quantitative estimate of drug-likeness (QED) is 0.872. The molecular weight excluding hydrogens is 280 g/mol. The highest BCUT2D eigenvalue weighted by atomic mass is 32.1. The third-order valence-electron chi connectivity index (χ3n) is 4.28. The van der Waals surface area contributed by atoms with Gasteiger partial charge in [0.1, 0.15) is 0 Å². The third-order valence-corrected chi connectivity index (χ3v) is 5.21. The fraction of sp³-hybridized carbons (Fsp3) is 0.529. The van der Waals surface area contributed by atoms with Crippen LogP contribution in [0.5, 0.6) is 0 Å². The second-order valence-electron chi connectivity index (χ2n) is 6.19. The molecule has 3 rings (SSSR count). The lowest BCUT2D eigenvalue weighted by Crippen LogP contribution is -2.24. The minimum atomic E-state index is 0.153. The summed E-state index contributed by atoms with van der Waals surface area (Å²) in [5, 5.41) is 3.78. The number of anilines is 1. The van der Waals surface area contributed by atoms with Gasteiger partial charge in [0.25, 0.3) is 0 Å². The molecule has 0 saturated heterocycles. The summed E-state index contributed by atoms with van der Waals surface area (Å²) in [4.78, 5) is 17.0. The number of hydrogen-bond donors (Lipinski definition) is 1. The lowest BCUT2D eigenvalue weighted by atomic mass is 9.89. The number of fused-ring (bicyclic) bond motifs is 1. The Bertz CT molecular complexity index is 641. The Morgan fingerprint density at radius 1 is 1.29 bits per heavy atom. The lowest BCUT2D eigenvalue weighted by molar-refractivity contribution is -0.120. The second kappa shape index (κ2) is 6.14. The zero-order valence-corrected chi connectivity index (χ0v) is 13.5. The van der Waals surface area contributed by atoms with Crippen LogP contribution in [0.15, 0.2) is 18.2 Å². The molecule has 1 aromatic heterocycles. The molecule has 0 aliphatic heterocycles. The SMILES string of the molecule is CC(C)c1cccc2sc(NC(=O)C3CCCCC3)nc12. The van der Waals surface area contributed by atoms with Crippen LogP contribution in [0.25, 0.3) is 10.2 Å². The minimum Gasteiger partial charge on any atom is -0.302 e. The van der Waals surface area contributed by atoms with Gasteiger partial charge in [-0.25, -0.2) is 4.98 Å². The van der Waals surface area contributed by atoms with Gasteiger partial charge < -0.3 is 5.32 Å². The molecule has 0 bridgehead atoms. The topological polar surface area (TPSA) is 42.0 Å². The standard InChI is InChI=1S/C17H22N2OS/c1-11(2)13-9-6-10-14-15(13)18-17(21-14)19-16(20)12-7-4-3-5-8-12/h6,9-12H,3-5,7-8H2,1-2H3,(H,18,19,20). The van der Waals surface area contributed by atoms with Crippen LogP contribution in [0.2, 0.25) is 0 Å². The summed E-state index contributed by atoms with van der Waals surface area (Å²) >= 11 is 1.58. The fourth-order valence-electron chi connectivity index (χ4n) is 3.06. The number of nitrogens with zero attached hydrogens (tertiary/aromatic N) is 1. The fourth-order valence-corrected chi connectivity index (χ4v) is 3.97. The van der Waals surface area contributed by atoms with Gasteiger partial charge in [-0.2, -0.15) is 0 Å². The average molecular weight is 302 g/mol. The van der Waals surface area contributed by atoms with Gasteiger partial charge in [0.2, 0.25) is 5.91 Å². The number of nitrogens with one attached hydrogen (secondary N) is 1. The number of carbonyl (C=O) groups excluding carboxylic acids is 1. The first kappa shape index (κ1) is 14.5. The highest BCUT2D eigenvalue weighted by Crippen LogP contribution is 2.32. The van der Waals surface area contributed by atoms with Gasteiger partial charge in [-0.15, -0.1) is 0 Å². The molecular formula is C17H22N2OS. The van der Waals surface area contributed by atoms with Crippen molar-refractivity contribution in [1.29, 1.82) is 0 Å². The lowest BCUT2D eigenvalue weighted by Gasteiger charge is -2.19. The van der Waals surface area contributed by atoms with Gasteiger partial charge in [0.15, 0.2) is 5.13 Å². The Morgan fingerprint density at radius 3 is 2.76 bits per heavy atom. The van der Waals surface area contributed by atoms with Gasteiger partial charge in [-0.1, -0.05) is 56.6 Å². The van der Waals surface area contributed by atoms with Crippen LogP contribution in [0, 0.1) is 5.92 Å². The van der Waals surface area contributed by atoms with Crippen molar-refractivity contribution in [2.75, 3.05) is 5.32 Å². The summed E-state index contributed by atoms with van der Waals surface area (Å²) < 4.78 is 1.15. The van der Waals surface area contributed by atoms with Crippen molar-refractivity contribution in [1.82, 2.24) is 4.98 Å². The molecule has 3 nitrogen and oxygen atoms in total. The molecule has 1 fully saturated rings. The van der Waals surface area contributed by atoms with Crippen molar-refractivity contribution in [3.8, 4) is 0 Å². The zero-order valence-electron chi connectivity index (χ0n) is 12.7. The summed E-state index contributed by atoms with van der Waals surface area (Å²) in [6.07, 6.45) is 5.66. The first-order valence-corrected chi connectivity index (χ1v) is 8.67. The van der Waals surface area contributed by atoms with Crippen LogP contribution in [-0.2, 0) is 4.79 Å². The molecule has 1 heterocycles. The minimum absolute atomic E-state index is 0.153. The van der Waals surface area contributed by atoms with Gasteiger partial charge >= 0.3 is 0 Å². The van der Waals surface area contributed by atoms with Gasteiger partial charge in [-0.05, 0) is 30.4 Å². The van der Waals surface area contributed by atoms with E-state index < -0.39 is 0 Å². The molecule has 112 valence electrons. The number of rotatable bonds is 3. The number of carbonyl (C=O) groups is 1. The summed E-state index contributed by atoms with van der Waals surface area (Å²) in [5.74, 6) is 0.771. The third kappa shape index (κ3) is 3.10. The number of thiazole rings is 1. The molecule has 1 aromatic carbocycles. The molecule has 1 saturated carbocycles. The maximum Gasteiger partial charge on any atom is 0.229 e. The molecule has 0 radical (unpaired) electrons. The van der Waals surface area contributed by atoms with E-state index >= 15 is 0 Å². The van der Waals surface area contributed by atoms with Crippen LogP contribution < -0.4 is 5.32 Å². The van der Waals surface area contributed by atoms with E-state index in [1.165, 1.54) is 24.8 Å². The first-order valence-electron chi connectivity index (χ1n) is 7.85. The Morgan fingerprint density at radius 2 is 2.05 bits per heavy atom. The number of para-hydroxylation sites is 1. The normalized spacial score (nSPS) is 16.5. The Labute approximate surface area is 129 Å². The van der Waals surface area contributed by atoms with Crippen LogP contribution in [0.4, 0.5) is 5.13 Å². The molecule has 1 N–H and O–H groups in total. The highest BCUT2D eigenvalue weighted by Gasteiger charge is 2.22. The van der Waals surface area contributed by atoms with Gasteiger partial charge in [-0.3, -0.25) is 4.79 Å². The molecule has 1 aliphatic rings. The monoisotopic (exact) mass is 302 g/mol. The predicted molar refractivity (Wildman–Crippen MR) is 88.9 cm³/mol. The van der Waals surface area contributed by atoms with E-state index in [0.717, 1.165) is 28.2 Å². The summed E-state index contributed by atoms with van der Waals surface area (Å²) in [7, 11) is 0. The van der Waals surface area contributed by atoms with Crippen LogP contribution >= 0.6 is 11.3 Å². The van der Waals surface area contributed by atoms with Crippen molar-refractivity contribution in [3.63, 3.8) is 0 Å². The maximum absolute atomic E-state index is 12.3. The maximum atomic E-state index is 12.3.